The zero-order chi connectivity index (χ0) is 12.4. The fourth-order valence-corrected chi connectivity index (χ4v) is 3.25. The first kappa shape index (κ1) is 15.8. The molecule has 0 atom stereocenters. The molecule has 0 saturated heterocycles. The fraction of sp³-hybridized carbons (Fsp3) is 0.818. The summed E-state index contributed by atoms with van der Waals surface area (Å²) in [5.41, 5.74) is 0. The van der Waals surface area contributed by atoms with E-state index in [0.717, 1.165) is 31.4 Å². The van der Waals surface area contributed by atoms with E-state index in [-0.39, 0.29) is 4.75 Å². The molecule has 0 fully saturated rings. The average Bonchev–Trinajstić information content (AvgIpc) is 2.20. The van der Waals surface area contributed by atoms with Gasteiger partial charge < -0.3 is 9.69 Å². The van der Waals surface area contributed by atoms with Gasteiger partial charge in [0.05, 0.1) is 0 Å². The average molecular weight is 263 g/mol. The molecule has 1 amide bonds. The molecule has 0 saturated carbocycles. The number of unbranched alkanes of at least 4 members (excludes halogenated alkanes) is 1. The Morgan fingerprint density at radius 2 is 1.88 bits per heavy atom. The van der Waals surface area contributed by atoms with Crippen LogP contribution in [0, 0.1) is 0 Å². The van der Waals surface area contributed by atoms with E-state index in [1.165, 1.54) is 0 Å². The summed E-state index contributed by atoms with van der Waals surface area (Å²) in [6.07, 6.45) is 3.06. The van der Waals surface area contributed by atoms with Crippen molar-refractivity contribution in [2.24, 2.45) is 0 Å². The minimum atomic E-state index is 0.258. The van der Waals surface area contributed by atoms with Crippen LogP contribution in [0.2, 0.25) is 0 Å². The standard InChI is InChI=1S/C11H21NO2S2/c1-11(2,3)16-15-9-7-12(10-14)6-4-5-8-13/h8,10H,4-7,9H2,1-3H3. The molecule has 0 radical (unpaired) electrons. The molecular weight excluding hydrogens is 242 g/mol. The Bertz CT molecular complexity index is 205. The second-order valence-corrected chi connectivity index (χ2v) is 7.71. The van der Waals surface area contributed by atoms with Crippen LogP contribution < -0.4 is 0 Å². The zero-order valence-corrected chi connectivity index (χ0v) is 11.9. The second-order valence-electron chi connectivity index (χ2n) is 4.47. The maximum atomic E-state index is 10.7. The summed E-state index contributed by atoms with van der Waals surface area (Å²) in [6, 6.07) is 0. The largest absolute Gasteiger partial charge is 0.344 e. The molecule has 0 aromatic carbocycles. The second kappa shape index (κ2) is 8.93. The molecular formula is C11H21NO2S2. The predicted octanol–water partition coefficient (Wildman–Crippen LogP) is 2.60. The van der Waals surface area contributed by atoms with E-state index >= 15 is 0 Å². The lowest BCUT2D eigenvalue weighted by atomic mass is 10.3. The van der Waals surface area contributed by atoms with Crippen molar-refractivity contribution in [1.82, 2.24) is 4.90 Å². The minimum absolute atomic E-state index is 0.258. The van der Waals surface area contributed by atoms with Gasteiger partial charge in [0.15, 0.2) is 0 Å². The van der Waals surface area contributed by atoms with Gasteiger partial charge in [0.2, 0.25) is 6.41 Å². The molecule has 0 spiro atoms. The van der Waals surface area contributed by atoms with Crippen molar-refractivity contribution in [3.8, 4) is 0 Å². The van der Waals surface area contributed by atoms with E-state index in [4.69, 9.17) is 0 Å². The van der Waals surface area contributed by atoms with Gasteiger partial charge in [0.1, 0.15) is 6.29 Å². The van der Waals surface area contributed by atoms with Crippen molar-refractivity contribution in [1.29, 1.82) is 0 Å². The Morgan fingerprint density at radius 3 is 2.38 bits per heavy atom. The maximum absolute atomic E-state index is 10.7. The topological polar surface area (TPSA) is 37.4 Å². The molecule has 0 aliphatic rings. The van der Waals surface area contributed by atoms with Gasteiger partial charge in [-0.2, -0.15) is 0 Å². The van der Waals surface area contributed by atoms with Crippen molar-refractivity contribution in [3.63, 3.8) is 0 Å². The summed E-state index contributed by atoms with van der Waals surface area (Å²) >= 11 is 0. The number of aldehydes is 1. The van der Waals surface area contributed by atoms with Gasteiger partial charge in [-0.05, 0) is 6.42 Å². The molecule has 0 aromatic rings. The highest BCUT2D eigenvalue weighted by molar-refractivity contribution is 8.77. The van der Waals surface area contributed by atoms with E-state index in [1.54, 1.807) is 15.7 Å². The number of rotatable bonds is 9. The SMILES string of the molecule is CC(C)(C)SSCCN(C=O)CCCC=O. The minimum Gasteiger partial charge on any atom is -0.344 e. The quantitative estimate of drug-likeness (QED) is 0.364. The van der Waals surface area contributed by atoms with Gasteiger partial charge in [-0.25, -0.2) is 0 Å². The van der Waals surface area contributed by atoms with Gasteiger partial charge in [-0.1, -0.05) is 42.4 Å². The molecule has 0 aliphatic carbocycles. The van der Waals surface area contributed by atoms with Gasteiger partial charge in [0.25, 0.3) is 0 Å². The lowest BCUT2D eigenvalue weighted by Crippen LogP contribution is -2.25. The predicted molar refractivity (Wildman–Crippen MR) is 72.7 cm³/mol. The molecule has 0 aromatic heterocycles. The van der Waals surface area contributed by atoms with E-state index in [2.05, 4.69) is 20.8 Å². The Kier molecular flexibility index (Phi) is 8.84. The summed E-state index contributed by atoms with van der Waals surface area (Å²) < 4.78 is 0.258. The van der Waals surface area contributed by atoms with E-state index in [1.807, 2.05) is 10.8 Å². The van der Waals surface area contributed by atoms with E-state index in [9.17, 15) is 9.59 Å². The van der Waals surface area contributed by atoms with E-state index in [0.29, 0.717) is 13.0 Å². The monoisotopic (exact) mass is 263 g/mol. The molecule has 0 rings (SSSR count). The number of amides is 1. The number of carbonyl (C=O) groups is 2. The number of hydrogen-bond donors (Lipinski definition) is 0. The normalized spacial score (nSPS) is 11.2. The summed E-state index contributed by atoms with van der Waals surface area (Å²) in [7, 11) is 3.62. The maximum Gasteiger partial charge on any atom is 0.209 e. The lowest BCUT2D eigenvalue weighted by Gasteiger charge is -2.19. The van der Waals surface area contributed by atoms with Crippen LogP contribution in [-0.4, -0.2) is 41.2 Å². The van der Waals surface area contributed by atoms with Crippen LogP contribution in [0.15, 0.2) is 0 Å². The summed E-state index contributed by atoms with van der Waals surface area (Å²) in [5.74, 6) is 0.932. The molecule has 0 bridgehead atoms. The molecule has 3 nitrogen and oxygen atoms in total. The molecule has 5 heteroatoms. The van der Waals surface area contributed by atoms with E-state index < -0.39 is 0 Å². The van der Waals surface area contributed by atoms with Gasteiger partial charge in [-0.15, -0.1) is 0 Å². The van der Waals surface area contributed by atoms with Crippen molar-refractivity contribution >= 4 is 34.3 Å². The highest BCUT2D eigenvalue weighted by Gasteiger charge is 2.11. The lowest BCUT2D eigenvalue weighted by molar-refractivity contribution is -0.118. The smallest absolute Gasteiger partial charge is 0.209 e. The Labute approximate surface area is 106 Å². The van der Waals surface area contributed by atoms with Crippen LogP contribution in [0.25, 0.3) is 0 Å². The van der Waals surface area contributed by atoms with Crippen molar-refractivity contribution in [3.05, 3.63) is 0 Å². The molecule has 0 aliphatic heterocycles. The highest BCUT2D eigenvalue weighted by atomic mass is 33.1. The van der Waals surface area contributed by atoms with Crippen LogP contribution in [0.1, 0.15) is 33.6 Å². The number of hydrogen-bond acceptors (Lipinski definition) is 4. The first-order valence-electron chi connectivity index (χ1n) is 5.43. The van der Waals surface area contributed by atoms with Crippen LogP contribution in [0.3, 0.4) is 0 Å². The number of nitrogens with zero attached hydrogens (tertiary/aromatic N) is 1. The van der Waals surface area contributed by atoms with Crippen LogP contribution >= 0.6 is 21.6 Å². The summed E-state index contributed by atoms with van der Waals surface area (Å²) in [6.45, 7) is 7.96. The first-order valence-corrected chi connectivity index (χ1v) is 7.75. The third-order valence-electron chi connectivity index (χ3n) is 1.69. The Hall–Kier alpha value is -0.160. The first-order chi connectivity index (χ1) is 7.49. The third kappa shape index (κ3) is 10.4. The van der Waals surface area contributed by atoms with Gasteiger partial charge in [-0.3, -0.25) is 4.79 Å². The summed E-state index contributed by atoms with van der Waals surface area (Å²) in [4.78, 5) is 22.6. The molecule has 0 unspecified atom stereocenters. The fourth-order valence-electron chi connectivity index (χ4n) is 0.968. The van der Waals surface area contributed by atoms with Gasteiger partial charge in [0, 0.05) is 30.0 Å². The zero-order valence-electron chi connectivity index (χ0n) is 10.3. The van der Waals surface area contributed by atoms with Crippen LogP contribution in [0.4, 0.5) is 0 Å². The van der Waals surface area contributed by atoms with Crippen LogP contribution in [-0.2, 0) is 9.59 Å². The van der Waals surface area contributed by atoms with Crippen LogP contribution in [0.5, 0.6) is 0 Å². The number of carbonyl (C=O) groups excluding carboxylic acids is 2. The Morgan fingerprint density at radius 1 is 1.19 bits per heavy atom. The Balaban J connectivity index is 3.55. The van der Waals surface area contributed by atoms with Gasteiger partial charge >= 0.3 is 0 Å². The van der Waals surface area contributed by atoms with Crippen molar-refractivity contribution < 1.29 is 9.59 Å². The molecule has 0 N–H and O–H groups in total. The van der Waals surface area contributed by atoms with Crippen molar-refractivity contribution in [2.45, 2.75) is 38.4 Å². The van der Waals surface area contributed by atoms with Crippen molar-refractivity contribution in [2.75, 3.05) is 18.8 Å². The molecule has 0 heterocycles. The molecule has 16 heavy (non-hydrogen) atoms. The summed E-state index contributed by atoms with van der Waals surface area (Å²) in [5, 5.41) is 0. The highest BCUT2D eigenvalue weighted by Crippen LogP contribution is 2.34. The molecule has 94 valence electrons. The third-order valence-corrected chi connectivity index (χ3v) is 5.01.